The molecular weight excluding hydrogens is 375 g/mol. The van der Waals surface area contributed by atoms with Gasteiger partial charge in [0.15, 0.2) is 0 Å². The normalized spacial score (nSPS) is 13.2. The first-order chi connectivity index (χ1) is 14.0. The Labute approximate surface area is 184 Å². The van der Waals surface area contributed by atoms with Crippen molar-refractivity contribution in [3.05, 3.63) is 0 Å². The van der Waals surface area contributed by atoms with E-state index >= 15 is 0 Å². The molecule has 0 amide bonds. The number of hydrogen-bond donors (Lipinski definition) is 0. The van der Waals surface area contributed by atoms with Gasteiger partial charge in [0.05, 0.1) is 0 Å². The van der Waals surface area contributed by atoms with E-state index < -0.39 is 6.83 Å². The molecule has 0 aromatic heterocycles. The quantitative estimate of drug-likeness (QED) is 0.134. The molecule has 0 unspecified atom stereocenters. The average molecular weight is 431 g/mol. The van der Waals surface area contributed by atoms with E-state index in [0.29, 0.717) is 6.42 Å². The second kappa shape index (κ2) is 17.6. The van der Waals surface area contributed by atoms with Gasteiger partial charge in [-0.25, -0.2) is 0 Å². The summed E-state index contributed by atoms with van der Waals surface area (Å²) in [5.74, 6) is 0.135. The molecule has 0 saturated carbocycles. The first-order valence-electron chi connectivity index (χ1n) is 13.2. The van der Waals surface area contributed by atoms with Crippen LogP contribution < -0.4 is 0 Å². The average Bonchev–Trinajstić information content (AvgIpc) is 2.73. The molecule has 0 saturated heterocycles. The summed E-state index contributed by atoms with van der Waals surface area (Å²) in [6, 6.07) is 0. The molecule has 0 heterocycles. The molecule has 0 rings (SSSR count). The van der Waals surface area contributed by atoms with Crippen LogP contribution in [0.5, 0.6) is 0 Å². The Balaban J connectivity index is 5.12. The predicted molar refractivity (Wildman–Crippen MR) is 135 cm³/mol. The van der Waals surface area contributed by atoms with E-state index in [9.17, 15) is 4.79 Å². The van der Waals surface area contributed by atoms with Gasteiger partial charge in [0.2, 0.25) is 0 Å². The molecule has 0 bridgehead atoms. The molecule has 0 aliphatic heterocycles. The summed E-state index contributed by atoms with van der Waals surface area (Å²) in [5.41, 5.74) is 0. The Kier molecular flexibility index (Phi) is 17.5. The van der Waals surface area contributed by atoms with Crippen LogP contribution in [0.3, 0.4) is 0 Å². The third-order valence-electron chi connectivity index (χ3n) is 6.65. The van der Waals surface area contributed by atoms with Crippen LogP contribution in [0.4, 0.5) is 0 Å². The number of carbonyl (C=O) groups excluding carboxylic acids is 1. The molecule has 0 fully saturated rings. The number of rotatable bonds is 21. The Hall–Kier alpha value is -0.100. The second-order valence-corrected chi connectivity index (χ2v) is 15.2. The summed E-state index contributed by atoms with van der Waals surface area (Å²) in [7, 11) is 0. The van der Waals surface area contributed by atoms with Crippen LogP contribution in [-0.2, 0) is 9.32 Å². The predicted octanol–water partition coefficient (Wildman–Crippen LogP) is 9.34. The molecule has 0 aromatic rings. The SMILES string of the molecule is CCCCCCCCCC(=O)OP(CCCC)(CCCC)(CCCC)CCCC. The van der Waals surface area contributed by atoms with Gasteiger partial charge < -0.3 is 0 Å². The van der Waals surface area contributed by atoms with Crippen molar-refractivity contribution in [2.24, 2.45) is 0 Å². The summed E-state index contributed by atoms with van der Waals surface area (Å²) in [6.07, 6.45) is 23.9. The van der Waals surface area contributed by atoms with E-state index in [1.807, 2.05) is 0 Å². The summed E-state index contributed by atoms with van der Waals surface area (Å²) in [5, 5.41) is 0. The first kappa shape index (κ1) is 28.9. The van der Waals surface area contributed by atoms with Crippen LogP contribution in [0.1, 0.15) is 137 Å². The molecule has 0 spiro atoms. The van der Waals surface area contributed by atoms with Crippen molar-refractivity contribution in [3.8, 4) is 0 Å². The maximum absolute atomic E-state index is 13.1. The number of unbranched alkanes of at least 4 members (excludes halogenated alkanes) is 10. The molecule has 0 atom stereocenters. The van der Waals surface area contributed by atoms with Crippen molar-refractivity contribution in [1.82, 2.24) is 0 Å². The zero-order valence-corrected chi connectivity index (χ0v) is 21.8. The topological polar surface area (TPSA) is 26.3 Å². The fourth-order valence-electron chi connectivity index (χ4n) is 4.65. The third kappa shape index (κ3) is 12.4. The molecule has 0 aromatic carbocycles. The fourth-order valence-corrected chi connectivity index (χ4v) is 11.5. The van der Waals surface area contributed by atoms with Gasteiger partial charge in [-0.1, -0.05) is 0 Å². The molecule has 0 N–H and O–H groups in total. The van der Waals surface area contributed by atoms with E-state index in [2.05, 4.69) is 34.6 Å². The zero-order valence-electron chi connectivity index (χ0n) is 20.9. The van der Waals surface area contributed by atoms with Gasteiger partial charge in [-0.15, -0.1) is 0 Å². The number of hydrogen-bond acceptors (Lipinski definition) is 2. The fraction of sp³-hybridized carbons (Fsp3) is 0.962. The van der Waals surface area contributed by atoms with E-state index in [-0.39, 0.29) is 5.97 Å². The molecule has 3 heteroatoms. The Morgan fingerprint density at radius 3 is 1.24 bits per heavy atom. The first-order valence-corrected chi connectivity index (χ1v) is 16.1. The van der Waals surface area contributed by atoms with Crippen LogP contribution in [-0.4, -0.2) is 30.6 Å². The molecule has 0 radical (unpaired) electrons. The monoisotopic (exact) mass is 430 g/mol. The second-order valence-electron chi connectivity index (χ2n) is 9.50. The van der Waals surface area contributed by atoms with E-state index in [1.54, 1.807) is 0 Å². The van der Waals surface area contributed by atoms with Crippen molar-refractivity contribution >= 4 is 12.8 Å². The Morgan fingerprint density at radius 1 is 0.517 bits per heavy atom. The minimum atomic E-state index is -2.42. The van der Waals surface area contributed by atoms with Crippen molar-refractivity contribution in [1.29, 1.82) is 0 Å². The van der Waals surface area contributed by atoms with Gasteiger partial charge in [0.25, 0.3) is 0 Å². The summed E-state index contributed by atoms with van der Waals surface area (Å²) in [4.78, 5) is 13.1. The summed E-state index contributed by atoms with van der Waals surface area (Å²) >= 11 is 0. The maximum atomic E-state index is 13.1. The molecule has 29 heavy (non-hydrogen) atoms. The van der Waals surface area contributed by atoms with Gasteiger partial charge in [-0.05, 0) is 0 Å². The van der Waals surface area contributed by atoms with Crippen molar-refractivity contribution in [2.45, 2.75) is 137 Å². The van der Waals surface area contributed by atoms with E-state index in [0.717, 1.165) is 6.42 Å². The Morgan fingerprint density at radius 2 is 0.862 bits per heavy atom. The molecular formula is C26H55O2P. The van der Waals surface area contributed by atoms with Crippen molar-refractivity contribution < 1.29 is 9.32 Å². The Bertz CT molecular complexity index is 351. The van der Waals surface area contributed by atoms with Crippen LogP contribution in [0, 0.1) is 0 Å². The van der Waals surface area contributed by atoms with Gasteiger partial charge in [-0.2, -0.15) is 0 Å². The summed E-state index contributed by atoms with van der Waals surface area (Å²) < 4.78 is 6.77. The van der Waals surface area contributed by atoms with E-state index in [4.69, 9.17) is 4.52 Å². The number of carbonyl (C=O) groups is 1. The van der Waals surface area contributed by atoms with Crippen LogP contribution in [0.25, 0.3) is 0 Å². The van der Waals surface area contributed by atoms with Gasteiger partial charge >= 0.3 is 184 Å². The van der Waals surface area contributed by atoms with Crippen LogP contribution in [0.2, 0.25) is 0 Å². The van der Waals surface area contributed by atoms with Crippen LogP contribution in [0.15, 0.2) is 0 Å². The van der Waals surface area contributed by atoms with Gasteiger partial charge in [-0.3, -0.25) is 0 Å². The summed E-state index contributed by atoms with van der Waals surface area (Å²) in [6.45, 7) is 8.97. The molecule has 0 aliphatic rings. The van der Waals surface area contributed by atoms with Gasteiger partial charge in [0, 0.05) is 0 Å². The molecule has 176 valence electrons. The third-order valence-corrected chi connectivity index (χ3v) is 13.2. The van der Waals surface area contributed by atoms with E-state index in [1.165, 1.54) is 115 Å². The standard InChI is InChI=1S/C26H55O2P/c1-6-11-16-17-18-19-20-21-26(27)28-29(22-12-7-2,23-13-8-3,24-14-9-4)25-15-10-5/h6-25H2,1-5H3. The molecule has 0 aliphatic carbocycles. The van der Waals surface area contributed by atoms with Gasteiger partial charge in [0.1, 0.15) is 0 Å². The van der Waals surface area contributed by atoms with Crippen LogP contribution >= 0.6 is 6.83 Å². The minimum absolute atomic E-state index is 0.135. The van der Waals surface area contributed by atoms with Crippen molar-refractivity contribution in [3.63, 3.8) is 0 Å². The zero-order chi connectivity index (χ0) is 21.9. The molecule has 2 nitrogen and oxygen atoms in total. The van der Waals surface area contributed by atoms with Crippen molar-refractivity contribution in [2.75, 3.05) is 24.6 Å².